The van der Waals surface area contributed by atoms with Gasteiger partial charge in [-0.25, -0.2) is 0 Å². The Morgan fingerprint density at radius 3 is 3.00 bits per heavy atom. The second-order valence-corrected chi connectivity index (χ2v) is 6.09. The van der Waals surface area contributed by atoms with Crippen LogP contribution < -0.4 is 10.5 Å². The molecule has 1 fully saturated rings. The third-order valence-corrected chi connectivity index (χ3v) is 4.60. The van der Waals surface area contributed by atoms with Crippen LogP contribution in [-0.2, 0) is 0 Å². The molecule has 108 valence electrons. The van der Waals surface area contributed by atoms with E-state index in [2.05, 4.69) is 43.0 Å². The predicted molar refractivity (Wildman–Crippen MR) is 83.0 cm³/mol. The quantitative estimate of drug-likeness (QED) is 0.919. The summed E-state index contributed by atoms with van der Waals surface area (Å²) < 4.78 is 6.44. The van der Waals surface area contributed by atoms with Crippen molar-refractivity contribution in [2.75, 3.05) is 26.2 Å². The normalized spacial score (nSPS) is 24.9. The van der Waals surface area contributed by atoms with Crippen molar-refractivity contribution in [3.63, 3.8) is 0 Å². The number of hydrogen-bond donors (Lipinski definition) is 1. The fraction of sp³-hybridized carbons (Fsp3) is 0.529. The van der Waals surface area contributed by atoms with Crippen molar-refractivity contribution in [1.82, 2.24) is 4.90 Å². The molecule has 2 heterocycles. The molecule has 3 heteroatoms. The maximum Gasteiger partial charge on any atom is 0.141 e. The molecule has 0 aliphatic carbocycles. The molecule has 0 aromatic heterocycles. The highest BCUT2D eigenvalue weighted by molar-refractivity contribution is 5.64. The Morgan fingerprint density at radius 1 is 1.35 bits per heavy atom. The first kappa shape index (κ1) is 13.7. The second kappa shape index (κ2) is 5.23. The summed E-state index contributed by atoms with van der Waals surface area (Å²) in [6.07, 6.45) is 6.62. The van der Waals surface area contributed by atoms with E-state index in [1.807, 2.05) is 0 Å². The van der Waals surface area contributed by atoms with Gasteiger partial charge in [-0.05, 0) is 50.6 Å². The van der Waals surface area contributed by atoms with Crippen LogP contribution in [0.15, 0.2) is 18.2 Å². The van der Waals surface area contributed by atoms with Crippen LogP contribution in [0.4, 0.5) is 0 Å². The molecule has 1 saturated heterocycles. The highest BCUT2D eigenvalue weighted by atomic mass is 16.5. The summed E-state index contributed by atoms with van der Waals surface area (Å²) in [5.41, 5.74) is 9.26. The standard InChI is InChI=1S/C17H24N2O/c1-13-4-5-15-6-7-17(20-16(15)14(13)2)8-11-19(12-17)10-3-9-18/h4-7H,3,8-12,18H2,1-2H3. The molecule has 2 aliphatic heterocycles. The number of nitrogens with two attached hydrogens (primary N) is 1. The molecular formula is C17H24N2O. The van der Waals surface area contributed by atoms with Crippen molar-refractivity contribution >= 4 is 6.08 Å². The highest BCUT2D eigenvalue weighted by Gasteiger charge is 2.40. The molecule has 1 atom stereocenters. The summed E-state index contributed by atoms with van der Waals surface area (Å²) in [5.74, 6) is 1.08. The summed E-state index contributed by atoms with van der Waals surface area (Å²) in [5, 5.41) is 0. The van der Waals surface area contributed by atoms with E-state index in [9.17, 15) is 0 Å². The SMILES string of the molecule is Cc1ccc2c(c1C)OC1(C=C2)CCN(CCCN)C1. The van der Waals surface area contributed by atoms with Gasteiger partial charge in [-0.3, -0.25) is 4.90 Å². The second-order valence-electron chi connectivity index (χ2n) is 6.09. The molecule has 20 heavy (non-hydrogen) atoms. The number of fused-ring (bicyclic) bond motifs is 1. The van der Waals surface area contributed by atoms with Gasteiger partial charge in [-0.1, -0.05) is 18.2 Å². The monoisotopic (exact) mass is 272 g/mol. The van der Waals surface area contributed by atoms with E-state index in [1.54, 1.807) is 0 Å². The Kier molecular flexibility index (Phi) is 3.57. The summed E-state index contributed by atoms with van der Waals surface area (Å²) >= 11 is 0. The summed E-state index contributed by atoms with van der Waals surface area (Å²) in [6, 6.07) is 4.32. The van der Waals surface area contributed by atoms with E-state index in [0.717, 1.165) is 44.8 Å². The molecule has 1 aromatic carbocycles. The lowest BCUT2D eigenvalue weighted by Gasteiger charge is -2.33. The molecule has 0 radical (unpaired) electrons. The van der Waals surface area contributed by atoms with Crippen molar-refractivity contribution in [2.24, 2.45) is 5.73 Å². The van der Waals surface area contributed by atoms with Gasteiger partial charge in [0.2, 0.25) is 0 Å². The molecule has 2 aliphatic rings. The zero-order valence-electron chi connectivity index (χ0n) is 12.5. The lowest BCUT2D eigenvalue weighted by molar-refractivity contribution is 0.122. The van der Waals surface area contributed by atoms with Crippen molar-refractivity contribution in [1.29, 1.82) is 0 Å². The van der Waals surface area contributed by atoms with E-state index in [0.29, 0.717) is 0 Å². The molecule has 3 nitrogen and oxygen atoms in total. The molecule has 0 saturated carbocycles. The van der Waals surface area contributed by atoms with Gasteiger partial charge in [0.15, 0.2) is 0 Å². The van der Waals surface area contributed by atoms with Crippen molar-refractivity contribution in [3.05, 3.63) is 34.9 Å². The Balaban J connectivity index is 1.81. The van der Waals surface area contributed by atoms with Crippen LogP contribution in [0.3, 0.4) is 0 Å². The molecule has 0 amide bonds. The van der Waals surface area contributed by atoms with Crippen molar-refractivity contribution in [2.45, 2.75) is 32.3 Å². The van der Waals surface area contributed by atoms with Crippen LogP contribution in [0.2, 0.25) is 0 Å². The lowest BCUT2D eigenvalue weighted by Crippen LogP contribution is -2.39. The Bertz CT molecular complexity index is 538. The van der Waals surface area contributed by atoms with E-state index < -0.39 is 0 Å². The Morgan fingerprint density at radius 2 is 2.20 bits per heavy atom. The fourth-order valence-corrected chi connectivity index (χ4v) is 3.17. The molecule has 0 bridgehead atoms. The van der Waals surface area contributed by atoms with Gasteiger partial charge < -0.3 is 10.5 Å². The first-order chi connectivity index (χ1) is 9.63. The summed E-state index contributed by atoms with van der Waals surface area (Å²) in [4.78, 5) is 2.47. The van der Waals surface area contributed by atoms with Crippen LogP contribution in [0.1, 0.15) is 29.5 Å². The Labute approximate surface area is 121 Å². The number of rotatable bonds is 3. The van der Waals surface area contributed by atoms with Crippen LogP contribution in [-0.4, -0.2) is 36.7 Å². The van der Waals surface area contributed by atoms with Crippen LogP contribution >= 0.6 is 0 Å². The molecule has 1 aromatic rings. The number of hydrogen-bond acceptors (Lipinski definition) is 3. The lowest BCUT2D eigenvalue weighted by atomic mass is 9.95. The minimum atomic E-state index is -0.125. The molecular weight excluding hydrogens is 248 g/mol. The molecule has 2 N–H and O–H groups in total. The van der Waals surface area contributed by atoms with Gasteiger partial charge in [0.05, 0.1) is 0 Å². The van der Waals surface area contributed by atoms with Gasteiger partial charge in [0, 0.05) is 25.1 Å². The van der Waals surface area contributed by atoms with Gasteiger partial charge in [-0.2, -0.15) is 0 Å². The zero-order chi connectivity index (χ0) is 14.2. The minimum Gasteiger partial charge on any atom is -0.481 e. The average molecular weight is 272 g/mol. The largest absolute Gasteiger partial charge is 0.481 e. The summed E-state index contributed by atoms with van der Waals surface area (Å²) in [6.45, 7) is 8.23. The first-order valence-electron chi connectivity index (χ1n) is 7.54. The van der Waals surface area contributed by atoms with E-state index >= 15 is 0 Å². The summed E-state index contributed by atoms with van der Waals surface area (Å²) in [7, 11) is 0. The smallest absolute Gasteiger partial charge is 0.141 e. The van der Waals surface area contributed by atoms with Crippen molar-refractivity contribution in [3.8, 4) is 5.75 Å². The number of benzene rings is 1. The minimum absolute atomic E-state index is 0.125. The number of nitrogens with zero attached hydrogens (tertiary/aromatic N) is 1. The molecule has 1 unspecified atom stereocenters. The van der Waals surface area contributed by atoms with Gasteiger partial charge >= 0.3 is 0 Å². The third kappa shape index (κ3) is 2.36. The average Bonchev–Trinajstić information content (AvgIpc) is 2.84. The van der Waals surface area contributed by atoms with E-state index in [-0.39, 0.29) is 5.60 Å². The number of likely N-dealkylation sites (tertiary alicyclic amines) is 1. The van der Waals surface area contributed by atoms with Crippen LogP contribution in [0, 0.1) is 13.8 Å². The van der Waals surface area contributed by atoms with Crippen LogP contribution in [0.5, 0.6) is 5.75 Å². The number of aryl methyl sites for hydroxylation is 1. The topological polar surface area (TPSA) is 38.5 Å². The van der Waals surface area contributed by atoms with E-state index in [1.165, 1.54) is 16.7 Å². The van der Waals surface area contributed by atoms with E-state index in [4.69, 9.17) is 10.5 Å². The number of ether oxygens (including phenoxy) is 1. The highest BCUT2D eigenvalue weighted by Crippen LogP contribution is 2.39. The first-order valence-corrected chi connectivity index (χ1v) is 7.54. The maximum absolute atomic E-state index is 6.44. The Hall–Kier alpha value is -1.32. The van der Waals surface area contributed by atoms with Gasteiger partial charge in [-0.15, -0.1) is 0 Å². The van der Waals surface area contributed by atoms with Gasteiger partial charge in [0.25, 0.3) is 0 Å². The predicted octanol–water partition coefficient (Wildman–Crippen LogP) is 2.50. The fourth-order valence-electron chi connectivity index (χ4n) is 3.17. The van der Waals surface area contributed by atoms with Gasteiger partial charge in [0.1, 0.15) is 11.4 Å². The van der Waals surface area contributed by atoms with Crippen molar-refractivity contribution < 1.29 is 4.74 Å². The molecule has 1 spiro atoms. The third-order valence-electron chi connectivity index (χ3n) is 4.60. The zero-order valence-corrected chi connectivity index (χ0v) is 12.5. The molecule has 3 rings (SSSR count). The maximum atomic E-state index is 6.44. The van der Waals surface area contributed by atoms with Crippen LogP contribution in [0.25, 0.3) is 6.08 Å².